The third-order valence-corrected chi connectivity index (χ3v) is 6.66. The summed E-state index contributed by atoms with van der Waals surface area (Å²) in [5.41, 5.74) is 9.38. The number of fused-ring (bicyclic) bond motifs is 2. The molecule has 4 heterocycles. The van der Waals surface area contributed by atoms with Gasteiger partial charge in [-0.1, -0.05) is 18.7 Å². The van der Waals surface area contributed by atoms with Crippen LogP contribution in [0.4, 0.5) is 23.0 Å². The van der Waals surface area contributed by atoms with E-state index in [2.05, 4.69) is 16.5 Å². The summed E-state index contributed by atoms with van der Waals surface area (Å²) in [6.07, 6.45) is 4.77. The van der Waals surface area contributed by atoms with Crippen LogP contribution in [-0.4, -0.2) is 46.7 Å². The molecule has 0 aliphatic carbocycles. The zero-order chi connectivity index (χ0) is 23.8. The molecular weight excluding hydrogens is 432 g/mol. The van der Waals surface area contributed by atoms with Crippen LogP contribution in [-0.2, 0) is 16.1 Å². The van der Waals surface area contributed by atoms with Crippen molar-refractivity contribution in [1.29, 1.82) is 0 Å². The average Bonchev–Trinajstić information content (AvgIpc) is 2.85. The standard InChI is InChI=1S/C25H28N6O3/c1-3-21(32)30-10-9-29(19-6-4-5-16(2)22(19)30)20-13-18-14-27-25(26)28-23(18)31(24(20)33)15-17-7-11-34-12-8-17/h3-6,13-14,17H,1,7-12,15H2,2H3,(H2,26,27,28). The highest BCUT2D eigenvalue weighted by atomic mass is 16.5. The van der Waals surface area contributed by atoms with Crippen molar-refractivity contribution in [3.05, 3.63) is 59.0 Å². The molecule has 2 aliphatic rings. The van der Waals surface area contributed by atoms with Crippen molar-refractivity contribution >= 4 is 40.0 Å². The summed E-state index contributed by atoms with van der Waals surface area (Å²) in [6, 6.07) is 7.67. The normalized spacial score (nSPS) is 16.5. The molecule has 2 aliphatic heterocycles. The minimum absolute atomic E-state index is 0.131. The largest absolute Gasteiger partial charge is 0.381 e. The predicted molar refractivity (Wildman–Crippen MR) is 132 cm³/mol. The van der Waals surface area contributed by atoms with Gasteiger partial charge in [0.25, 0.3) is 11.5 Å². The minimum Gasteiger partial charge on any atom is -0.381 e. The summed E-state index contributed by atoms with van der Waals surface area (Å²) < 4.78 is 7.23. The summed E-state index contributed by atoms with van der Waals surface area (Å²) in [5.74, 6) is 0.296. The van der Waals surface area contributed by atoms with E-state index in [1.165, 1.54) is 6.08 Å². The second kappa shape index (κ2) is 8.90. The van der Waals surface area contributed by atoms with Crippen LogP contribution in [0.3, 0.4) is 0 Å². The molecule has 2 N–H and O–H groups in total. The zero-order valence-electron chi connectivity index (χ0n) is 19.2. The minimum atomic E-state index is -0.158. The van der Waals surface area contributed by atoms with Crippen molar-refractivity contribution in [3.8, 4) is 0 Å². The molecule has 3 aromatic rings. The number of aryl methyl sites for hydroxylation is 1. The summed E-state index contributed by atoms with van der Waals surface area (Å²) in [5, 5.41) is 0.745. The first-order chi connectivity index (χ1) is 16.5. The Labute approximate surface area is 197 Å². The van der Waals surface area contributed by atoms with Gasteiger partial charge >= 0.3 is 0 Å². The monoisotopic (exact) mass is 460 g/mol. The average molecular weight is 461 g/mol. The Kier molecular flexibility index (Phi) is 5.79. The van der Waals surface area contributed by atoms with Gasteiger partial charge in [0, 0.05) is 44.4 Å². The maximum atomic E-state index is 13.9. The van der Waals surface area contributed by atoms with Crippen molar-refractivity contribution in [2.75, 3.05) is 41.8 Å². The summed E-state index contributed by atoms with van der Waals surface area (Å²) in [7, 11) is 0. The highest BCUT2D eigenvalue weighted by molar-refractivity contribution is 6.05. The number of benzene rings is 1. The lowest BCUT2D eigenvalue weighted by Crippen LogP contribution is -2.44. The van der Waals surface area contributed by atoms with Crippen molar-refractivity contribution in [3.63, 3.8) is 0 Å². The summed E-state index contributed by atoms with van der Waals surface area (Å²) in [4.78, 5) is 38.8. The van der Waals surface area contributed by atoms with E-state index in [1.54, 1.807) is 15.7 Å². The Balaban J connectivity index is 1.67. The van der Waals surface area contributed by atoms with Crippen LogP contribution in [0.25, 0.3) is 11.0 Å². The van der Waals surface area contributed by atoms with Crippen LogP contribution in [0.15, 0.2) is 47.9 Å². The lowest BCUT2D eigenvalue weighted by molar-refractivity contribution is -0.114. The molecule has 9 nitrogen and oxygen atoms in total. The molecule has 0 spiro atoms. The van der Waals surface area contributed by atoms with E-state index >= 15 is 0 Å². The number of nitrogen functional groups attached to an aromatic ring is 1. The number of nitrogens with zero attached hydrogens (tertiary/aromatic N) is 5. The molecule has 1 saturated heterocycles. The third kappa shape index (κ3) is 3.81. The molecule has 0 radical (unpaired) electrons. The molecule has 1 amide bonds. The highest BCUT2D eigenvalue weighted by Crippen LogP contribution is 2.39. The number of carbonyl (C=O) groups is 1. The molecule has 34 heavy (non-hydrogen) atoms. The molecule has 176 valence electrons. The highest BCUT2D eigenvalue weighted by Gasteiger charge is 2.30. The Morgan fingerprint density at radius 2 is 2.06 bits per heavy atom. The van der Waals surface area contributed by atoms with E-state index in [0.29, 0.717) is 50.1 Å². The van der Waals surface area contributed by atoms with Crippen LogP contribution in [0.2, 0.25) is 0 Å². The fourth-order valence-electron chi connectivity index (χ4n) is 4.93. The fourth-order valence-corrected chi connectivity index (χ4v) is 4.93. The summed E-state index contributed by atoms with van der Waals surface area (Å²) in [6.45, 7) is 8.46. The maximum absolute atomic E-state index is 13.9. The topological polar surface area (TPSA) is 107 Å². The molecular formula is C25H28N6O3. The van der Waals surface area contributed by atoms with Crippen LogP contribution >= 0.6 is 0 Å². The van der Waals surface area contributed by atoms with Gasteiger partial charge in [-0.05, 0) is 49.5 Å². The van der Waals surface area contributed by atoms with Gasteiger partial charge in [0.2, 0.25) is 5.95 Å². The fraction of sp³-hybridized carbons (Fsp3) is 0.360. The molecule has 1 fully saturated rings. The number of para-hydroxylation sites is 1. The van der Waals surface area contributed by atoms with Crippen LogP contribution in [0.5, 0.6) is 0 Å². The Morgan fingerprint density at radius 3 is 2.82 bits per heavy atom. The molecule has 9 heteroatoms. The van der Waals surface area contributed by atoms with E-state index in [1.807, 2.05) is 36.1 Å². The van der Waals surface area contributed by atoms with Crippen LogP contribution in [0.1, 0.15) is 18.4 Å². The Bertz CT molecular complexity index is 1330. The van der Waals surface area contributed by atoms with E-state index in [9.17, 15) is 9.59 Å². The Morgan fingerprint density at radius 1 is 1.26 bits per heavy atom. The van der Waals surface area contributed by atoms with Crippen molar-refractivity contribution in [2.24, 2.45) is 5.92 Å². The number of hydrogen-bond acceptors (Lipinski definition) is 7. The number of ether oxygens (including phenoxy) is 1. The van der Waals surface area contributed by atoms with Crippen molar-refractivity contribution in [1.82, 2.24) is 14.5 Å². The van der Waals surface area contributed by atoms with E-state index in [0.717, 1.165) is 35.2 Å². The second-order valence-corrected chi connectivity index (χ2v) is 8.80. The van der Waals surface area contributed by atoms with E-state index in [4.69, 9.17) is 10.5 Å². The predicted octanol–water partition coefficient (Wildman–Crippen LogP) is 2.78. The van der Waals surface area contributed by atoms with Gasteiger partial charge in [-0.25, -0.2) is 4.98 Å². The zero-order valence-corrected chi connectivity index (χ0v) is 19.2. The molecule has 0 bridgehead atoms. The SMILES string of the molecule is C=CC(=O)N1CCN(c2cc3cnc(N)nc3n(CC3CCOCC3)c2=O)c2cccc(C)c21. The molecule has 0 atom stereocenters. The number of rotatable bonds is 4. The number of hydrogen-bond donors (Lipinski definition) is 1. The number of pyridine rings is 1. The molecule has 1 aromatic carbocycles. The summed E-state index contributed by atoms with van der Waals surface area (Å²) >= 11 is 0. The number of anilines is 4. The van der Waals surface area contributed by atoms with Gasteiger partial charge in [-0.15, -0.1) is 0 Å². The molecule has 0 saturated carbocycles. The van der Waals surface area contributed by atoms with Crippen molar-refractivity contribution < 1.29 is 9.53 Å². The quantitative estimate of drug-likeness (QED) is 0.597. The first kappa shape index (κ1) is 22.1. The van der Waals surface area contributed by atoms with Crippen molar-refractivity contribution in [2.45, 2.75) is 26.3 Å². The van der Waals surface area contributed by atoms with E-state index in [-0.39, 0.29) is 17.4 Å². The first-order valence-corrected chi connectivity index (χ1v) is 11.5. The Hall–Kier alpha value is -3.72. The number of aromatic nitrogens is 3. The van der Waals surface area contributed by atoms with Gasteiger partial charge in [0.15, 0.2) is 0 Å². The molecule has 0 unspecified atom stereocenters. The third-order valence-electron chi connectivity index (χ3n) is 6.66. The second-order valence-electron chi connectivity index (χ2n) is 8.80. The van der Waals surface area contributed by atoms with Gasteiger partial charge < -0.3 is 20.3 Å². The van der Waals surface area contributed by atoms with Crippen LogP contribution in [0, 0.1) is 12.8 Å². The van der Waals surface area contributed by atoms with Gasteiger partial charge in [0.05, 0.1) is 11.4 Å². The molecule has 2 aromatic heterocycles. The molecule has 5 rings (SSSR count). The lowest BCUT2D eigenvalue weighted by atomic mass is 10.00. The van der Waals surface area contributed by atoms with E-state index < -0.39 is 0 Å². The number of amides is 1. The lowest BCUT2D eigenvalue weighted by Gasteiger charge is -2.38. The van der Waals surface area contributed by atoms with Crippen LogP contribution < -0.4 is 21.1 Å². The first-order valence-electron chi connectivity index (χ1n) is 11.5. The number of carbonyl (C=O) groups excluding carboxylic acids is 1. The van der Waals surface area contributed by atoms with Gasteiger partial charge in [-0.2, -0.15) is 4.98 Å². The number of nitrogens with two attached hydrogens (primary N) is 1. The van der Waals surface area contributed by atoms with Gasteiger partial charge in [0.1, 0.15) is 11.3 Å². The smallest absolute Gasteiger partial charge is 0.276 e. The van der Waals surface area contributed by atoms with Gasteiger partial charge in [-0.3, -0.25) is 14.2 Å². The maximum Gasteiger partial charge on any atom is 0.276 e.